The lowest BCUT2D eigenvalue weighted by Crippen LogP contribution is -2.44. The van der Waals surface area contributed by atoms with E-state index in [1.54, 1.807) is 0 Å². The largest absolute Gasteiger partial charge is 0.462 e. The second-order valence-corrected chi connectivity index (χ2v) is 8.47. The summed E-state index contributed by atoms with van der Waals surface area (Å²) < 4.78 is 11.9. The highest BCUT2D eigenvalue weighted by molar-refractivity contribution is 5.78. The Balaban J connectivity index is 1.67. The van der Waals surface area contributed by atoms with Crippen LogP contribution in [0.2, 0.25) is 0 Å². The van der Waals surface area contributed by atoms with Crippen molar-refractivity contribution in [3.05, 3.63) is 35.9 Å². The fourth-order valence-corrected chi connectivity index (χ4v) is 4.02. The third kappa shape index (κ3) is 4.62. The Morgan fingerprint density at radius 2 is 1.76 bits per heavy atom. The number of rotatable bonds is 5. The van der Waals surface area contributed by atoms with E-state index in [0.29, 0.717) is 18.7 Å². The number of carbonyl (C=O) groups excluding carboxylic acids is 1. The maximum Gasteiger partial charge on any atom is 0.316 e. The third-order valence-electron chi connectivity index (χ3n) is 5.51. The van der Waals surface area contributed by atoms with E-state index in [0.717, 1.165) is 18.4 Å². The van der Waals surface area contributed by atoms with Crippen LogP contribution in [0.25, 0.3) is 0 Å². The number of fused-ring (bicyclic) bond motifs is 2. The summed E-state index contributed by atoms with van der Waals surface area (Å²) in [6, 6.07) is 11.0. The third-order valence-corrected chi connectivity index (χ3v) is 5.51. The number of hydrogen-bond acceptors (Lipinski definition) is 4. The molecule has 2 aliphatic rings. The molecule has 0 amide bonds. The Kier molecular flexibility index (Phi) is 5.49. The molecule has 0 spiro atoms. The molecule has 3 rings (SSSR count). The molecule has 0 saturated carbocycles. The van der Waals surface area contributed by atoms with Crippen LogP contribution in [-0.4, -0.2) is 48.3 Å². The maximum absolute atomic E-state index is 12.9. The first-order valence-electron chi connectivity index (χ1n) is 9.45. The summed E-state index contributed by atoms with van der Waals surface area (Å²) in [7, 11) is 2.20. The van der Waals surface area contributed by atoms with Crippen LogP contribution >= 0.6 is 0 Å². The molecule has 2 heterocycles. The van der Waals surface area contributed by atoms with Crippen molar-refractivity contribution in [2.45, 2.75) is 76.2 Å². The lowest BCUT2D eigenvalue weighted by Gasteiger charge is -2.36. The van der Waals surface area contributed by atoms with Gasteiger partial charge in [-0.15, -0.1) is 0 Å². The van der Waals surface area contributed by atoms with Crippen molar-refractivity contribution in [2.75, 3.05) is 13.7 Å². The van der Waals surface area contributed by atoms with Crippen LogP contribution in [-0.2, 0) is 14.3 Å². The summed E-state index contributed by atoms with van der Waals surface area (Å²) in [5.41, 5.74) is 0.688. The normalized spacial score (nSPS) is 27.9. The molecule has 2 saturated heterocycles. The van der Waals surface area contributed by atoms with Gasteiger partial charge in [0.15, 0.2) is 0 Å². The van der Waals surface area contributed by atoms with E-state index < -0.39 is 0 Å². The summed E-state index contributed by atoms with van der Waals surface area (Å²) >= 11 is 0. The van der Waals surface area contributed by atoms with Gasteiger partial charge in [0.1, 0.15) is 12.0 Å². The van der Waals surface area contributed by atoms with Gasteiger partial charge >= 0.3 is 5.97 Å². The molecule has 4 nitrogen and oxygen atoms in total. The summed E-state index contributed by atoms with van der Waals surface area (Å²) in [5.74, 6) is -0.512. The Morgan fingerprint density at radius 3 is 2.32 bits per heavy atom. The first-order chi connectivity index (χ1) is 11.8. The molecular weight excluding hydrogens is 314 g/mol. The first kappa shape index (κ1) is 18.4. The minimum absolute atomic E-state index is 0.0436. The second-order valence-electron chi connectivity index (χ2n) is 8.47. The quantitative estimate of drug-likeness (QED) is 0.762. The van der Waals surface area contributed by atoms with Gasteiger partial charge in [0.05, 0.1) is 12.2 Å². The number of benzene rings is 1. The molecule has 0 aromatic heterocycles. The van der Waals surface area contributed by atoms with Crippen LogP contribution in [0.1, 0.15) is 57.9 Å². The molecule has 1 aromatic carbocycles. The van der Waals surface area contributed by atoms with E-state index in [1.807, 2.05) is 51.1 Å². The highest BCUT2D eigenvalue weighted by atomic mass is 16.5. The molecule has 0 N–H and O–H groups in total. The Bertz CT molecular complexity index is 567. The van der Waals surface area contributed by atoms with Gasteiger partial charge in [-0.1, -0.05) is 30.3 Å². The first-order valence-corrected chi connectivity index (χ1v) is 9.45. The van der Waals surface area contributed by atoms with Crippen molar-refractivity contribution in [3.8, 4) is 0 Å². The van der Waals surface area contributed by atoms with Gasteiger partial charge in [-0.05, 0) is 59.1 Å². The lowest BCUT2D eigenvalue weighted by atomic mass is 9.98. The Labute approximate surface area is 151 Å². The molecule has 1 aromatic rings. The molecule has 25 heavy (non-hydrogen) atoms. The fourth-order valence-electron chi connectivity index (χ4n) is 4.02. The fraction of sp³-hybridized carbons (Fsp3) is 0.667. The highest BCUT2D eigenvalue weighted by Gasteiger charge is 2.40. The van der Waals surface area contributed by atoms with Crippen molar-refractivity contribution in [2.24, 2.45) is 0 Å². The lowest BCUT2D eigenvalue weighted by molar-refractivity contribution is -0.157. The average Bonchev–Trinajstić information content (AvgIpc) is 2.77. The van der Waals surface area contributed by atoms with Crippen LogP contribution in [0.15, 0.2) is 30.3 Å². The van der Waals surface area contributed by atoms with E-state index in [9.17, 15) is 4.79 Å². The number of ether oxygens (including phenoxy) is 2. The summed E-state index contributed by atoms with van der Waals surface area (Å²) in [6.45, 7) is 6.38. The van der Waals surface area contributed by atoms with Crippen LogP contribution in [0, 0.1) is 0 Å². The van der Waals surface area contributed by atoms with E-state index in [-0.39, 0.29) is 23.6 Å². The minimum Gasteiger partial charge on any atom is -0.462 e. The molecule has 4 heteroatoms. The van der Waals surface area contributed by atoms with E-state index in [4.69, 9.17) is 9.47 Å². The van der Waals surface area contributed by atoms with Gasteiger partial charge in [0, 0.05) is 12.1 Å². The zero-order valence-corrected chi connectivity index (χ0v) is 15.9. The topological polar surface area (TPSA) is 38.8 Å². The molecule has 2 fully saturated rings. The zero-order chi connectivity index (χ0) is 18.0. The van der Waals surface area contributed by atoms with Crippen molar-refractivity contribution < 1.29 is 14.3 Å². The molecule has 2 aliphatic heterocycles. The van der Waals surface area contributed by atoms with Crippen LogP contribution in [0.3, 0.4) is 0 Å². The molecule has 2 bridgehead atoms. The minimum atomic E-state index is -0.363. The summed E-state index contributed by atoms with van der Waals surface area (Å²) in [4.78, 5) is 15.4. The smallest absolute Gasteiger partial charge is 0.316 e. The number of piperidine rings is 1. The maximum atomic E-state index is 12.9. The van der Waals surface area contributed by atoms with Crippen LogP contribution < -0.4 is 0 Å². The van der Waals surface area contributed by atoms with Gasteiger partial charge in [-0.3, -0.25) is 4.79 Å². The van der Waals surface area contributed by atoms with Gasteiger partial charge in [-0.25, -0.2) is 0 Å². The number of hydrogen-bond donors (Lipinski definition) is 0. The van der Waals surface area contributed by atoms with Gasteiger partial charge in [-0.2, -0.15) is 0 Å². The molecule has 0 aliphatic carbocycles. The van der Waals surface area contributed by atoms with Crippen molar-refractivity contribution in [1.29, 1.82) is 0 Å². The molecule has 2 unspecified atom stereocenters. The zero-order valence-electron chi connectivity index (χ0n) is 15.9. The van der Waals surface area contributed by atoms with Crippen LogP contribution in [0.4, 0.5) is 0 Å². The van der Waals surface area contributed by atoms with Crippen molar-refractivity contribution >= 4 is 5.97 Å². The van der Waals surface area contributed by atoms with Crippen molar-refractivity contribution in [3.63, 3.8) is 0 Å². The number of nitrogens with zero attached hydrogens (tertiary/aromatic N) is 1. The summed E-state index contributed by atoms with van der Waals surface area (Å²) in [6.07, 6.45) is 4.41. The molecular formula is C21H31NO3. The SMILES string of the molecule is CN1[C@@H]2CC[C@H]1CC(OC(=O)C(COC(C)(C)C)c1ccccc1)C2. The Hall–Kier alpha value is -1.39. The standard InChI is InChI=1S/C21H31NO3/c1-21(2,3)24-14-19(15-8-6-5-7-9-15)20(23)25-18-12-16-10-11-17(13-18)22(16)4/h5-9,16-19H,10-14H2,1-4H3/t16-,17+,18?,19?. The van der Waals surface area contributed by atoms with Gasteiger partial charge in [0.2, 0.25) is 0 Å². The predicted molar refractivity (Wildman–Crippen MR) is 98.6 cm³/mol. The number of carbonyl (C=O) groups is 1. The number of esters is 1. The Morgan fingerprint density at radius 1 is 1.16 bits per heavy atom. The highest BCUT2D eigenvalue weighted by Crippen LogP contribution is 2.36. The summed E-state index contributed by atoms with van der Waals surface area (Å²) in [5, 5.41) is 0. The molecule has 138 valence electrons. The van der Waals surface area contributed by atoms with E-state index in [2.05, 4.69) is 11.9 Å². The van der Waals surface area contributed by atoms with E-state index in [1.165, 1.54) is 12.8 Å². The monoisotopic (exact) mass is 345 g/mol. The van der Waals surface area contributed by atoms with E-state index >= 15 is 0 Å². The average molecular weight is 345 g/mol. The van der Waals surface area contributed by atoms with Gasteiger partial charge in [0.25, 0.3) is 0 Å². The molecule has 4 atom stereocenters. The van der Waals surface area contributed by atoms with Crippen LogP contribution in [0.5, 0.6) is 0 Å². The molecule has 0 radical (unpaired) electrons. The van der Waals surface area contributed by atoms with Gasteiger partial charge < -0.3 is 14.4 Å². The second kappa shape index (κ2) is 7.46. The predicted octanol–water partition coefficient (Wildman–Crippen LogP) is 3.75. The van der Waals surface area contributed by atoms with Crippen molar-refractivity contribution in [1.82, 2.24) is 4.90 Å².